The minimum absolute atomic E-state index is 0.0317. The number of aromatic carboxylic acids is 1. The molecule has 0 bridgehead atoms. The van der Waals surface area contributed by atoms with Gasteiger partial charge in [0, 0.05) is 11.1 Å². The van der Waals surface area contributed by atoms with Gasteiger partial charge in [0.1, 0.15) is 18.2 Å². The Morgan fingerprint density at radius 1 is 0.917 bits per heavy atom. The molecule has 0 saturated heterocycles. The molecule has 0 fully saturated rings. The third-order valence-corrected chi connectivity index (χ3v) is 3.63. The van der Waals surface area contributed by atoms with Gasteiger partial charge in [-0.2, -0.15) is 0 Å². The average molecular weight is 322 g/mol. The molecule has 0 aliphatic rings. The lowest BCUT2D eigenvalue weighted by atomic mass is 10.0. The topological polar surface area (TPSA) is 46.5 Å². The highest BCUT2D eigenvalue weighted by molar-refractivity contribution is 5.90. The number of benzene rings is 3. The highest BCUT2D eigenvalue weighted by atomic mass is 19.1. The molecule has 0 heterocycles. The van der Waals surface area contributed by atoms with Crippen molar-refractivity contribution in [3.8, 4) is 16.9 Å². The van der Waals surface area contributed by atoms with Crippen LogP contribution < -0.4 is 4.74 Å². The molecule has 24 heavy (non-hydrogen) atoms. The Kier molecular flexibility index (Phi) is 4.57. The van der Waals surface area contributed by atoms with Crippen molar-refractivity contribution in [3.05, 3.63) is 89.7 Å². The number of rotatable bonds is 5. The fraction of sp³-hybridized carbons (Fsp3) is 0.0500. The summed E-state index contributed by atoms with van der Waals surface area (Å²) in [6.45, 7) is 0.345. The van der Waals surface area contributed by atoms with Gasteiger partial charge >= 0.3 is 5.97 Å². The van der Waals surface area contributed by atoms with Crippen molar-refractivity contribution in [1.29, 1.82) is 0 Å². The van der Waals surface area contributed by atoms with E-state index in [0.717, 1.165) is 11.6 Å². The minimum atomic E-state index is -1.10. The molecule has 0 saturated carbocycles. The zero-order chi connectivity index (χ0) is 16.9. The van der Waals surface area contributed by atoms with E-state index in [1.54, 1.807) is 24.3 Å². The van der Waals surface area contributed by atoms with Gasteiger partial charge < -0.3 is 9.84 Å². The maximum absolute atomic E-state index is 14.2. The molecule has 3 nitrogen and oxygen atoms in total. The zero-order valence-electron chi connectivity index (χ0n) is 12.8. The molecular formula is C20H15FO3. The van der Waals surface area contributed by atoms with Crippen LogP contribution in [0.4, 0.5) is 4.39 Å². The lowest BCUT2D eigenvalue weighted by molar-refractivity contribution is 0.0697. The Balaban J connectivity index is 1.95. The average Bonchev–Trinajstić information content (AvgIpc) is 2.61. The van der Waals surface area contributed by atoms with Crippen LogP contribution in [0, 0.1) is 5.82 Å². The van der Waals surface area contributed by atoms with Crippen LogP contribution in [0.15, 0.2) is 72.8 Å². The molecule has 0 unspecified atom stereocenters. The van der Waals surface area contributed by atoms with Crippen molar-refractivity contribution in [1.82, 2.24) is 0 Å². The standard InChI is InChI=1S/C20H15FO3/c21-18-11-10-15(20(22)23)12-17(18)16-8-4-5-9-19(16)24-13-14-6-2-1-3-7-14/h1-12H,13H2,(H,22,23). The molecule has 0 radical (unpaired) electrons. The van der Waals surface area contributed by atoms with Gasteiger partial charge in [-0.3, -0.25) is 0 Å². The molecule has 4 heteroatoms. The van der Waals surface area contributed by atoms with E-state index in [-0.39, 0.29) is 11.1 Å². The smallest absolute Gasteiger partial charge is 0.335 e. The fourth-order valence-electron chi connectivity index (χ4n) is 2.42. The molecule has 3 aromatic carbocycles. The third-order valence-electron chi connectivity index (χ3n) is 3.63. The Morgan fingerprint density at radius 2 is 1.62 bits per heavy atom. The molecule has 1 N–H and O–H groups in total. The van der Waals surface area contributed by atoms with Crippen molar-refractivity contribution in [2.45, 2.75) is 6.61 Å². The van der Waals surface area contributed by atoms with Crippen molar-refractivity contribution in [2.24, 2.45) is 0 Å². The summed E-state index contributed by atoms with van der Waals surface area (Å²) in [6.07, 6.45) is 0. The molecule has 0 aliphatic heterocycles. The Hall–Kier alpha value is -3.14. The first-order valence-corrected chi connectivity index (χ1v) is 7.44. The molecule has 0 amide bonds. The SMILES string of the molecule is O=C(O)c1ccc(F)c(-c2ccccc2OCc2ccccc2)c1. The van der Waals surface area contributed by atoms with E-state index in [1.807, 2.05) is 30.3 Å². The molecule has 0 aliphatic carbocycles. The quantitative estimate of drug-likeness (QED) is 0.736. The van der Waals surface area contributed by atoms with Gasteiger partial charge in [-0.05, 0) is 29.8 Å². The number of para-hydroxylation sites is 1. The molecule has 0 aromatic heterocycles. The predicted octanol–water partition coefficient (Wildman–Crippen LogP) is 4.77. The molecule has 0 spiro atoms. The number of halogens is 1. The zero-order valence-corrected chi connectivity index (χ0v) is 12.8. The second-order valence-corrected chi connectivity index (χ2v) is 5.27. The monoisotopic (exact) mass is 322 g/mol. The first-order valence-electron chi connectivity index (χ1n) is 7.44. The first kappa shape index (κ1) is 15.7. The predicted molar refractivity (Wildman–Crippen MR) is 89.6 cm³/mol. The van der Waals surface area contributed by atoms with E-state index in [4.69, 9.17) is 9.84 Å². The van der Waals surface area contributed by atoms with E-state index in [1.165, 1.54) is 12.1 Å². The summed E-state index contributed by atoms with van der Waals surface area (Å²) in [4.78, 5) is 11.1. The molecular weight excluding hydrogens is 307 g/mol. The molecule has 3 rings (SSSR count). The molecule has 3 aromatic rings. The van der Waals surface area contributed by atoms with E-state index in [9.17, 15) is 9.18 Å². The molecule has 120 valence electrons. The summed E-state index contributed by atoms with van der Waals surface area (Å²) in [5.74, 6) is -1.09. The summed E-state index contributed by atoms with van der Waals surface area (Å²) in [7, 11) is 0. The van der Waals surface area contributed by atoms with Crippen molar-refractivity contribution >= 4 is 5.97 Å². The van der Waals surface area contributed by atoms with Gasteiger partial charge in [-0.15, -0.1) is 0 Å². The van der Waals surface area contributed by atoms with Crippen LogP contribution in [0.5, 0.6) is 5.75 Å². The summed E-state index contributed by atoms with van der Waals surface area (Å²) in [5, 5.41) is 9.11. The molecule has 0 atom stereocenters. The minimum Gasteiger partial charge on any atom is -0.488 e. The van der Waals surface area contributed by atoms with Crippen LogP contribution in [0.1, 0.15) is 15.9 Å². The lowest BCUT2D eigenvalue weighted by Crippen LogP contribution is -2.00. The highest BCUT2D eigenvalue weighted by Gasteiger charge is 2.14. The summed E-state index contributed by atoms with van der Waals surface area (Å²) < 4.78 is 20.0. The maximum atomic E-state index is 14.2. The van der Waals surface area contributed by atoms with Gasteiger partial charge in [0.05, 0.1) is 5.56 Å². The summed E-state index contributed by atoms with van der Waals surface area (Å²) in [5.41, 5.74) is 1.75. The second kappa shape index (κ2) is 6.96. The Morgan fingerprint density at radius 3 is 2.38 bits per heavy atom. The fourth-order valence-corrected chi connectivity index (χ4v) is 2.42. The Bertz CT molecular complexity index is 860. The van der Waals surface area contributed by atoms with E-state index < -0.39 is 11.8 Å². The lowest BCUT2D eigenvalue weighted by Gasteiger charge is -2.13. The Labute approximate surface area is 139 Å². The van der Waals surface area contributed by atoms with Gasteiger partial charge in [-0.1, -0.05) is 48.5 Å². The van der Waals surface area contributed by atoms with Crippen LogP contribution in [0.2, 0.25) is 0 Å². The van der Waals surface area contributed by atoms with Crippen molar-refractivity contribution < 1.29 is 19.0 Å². The van der Waals surface area contributed by atoms with Crippen molar-refractivity contribution in [3.63, 3.8) is 0 Å². The van der Waals surface area contributed by atoms with Crippen LogP contribution in [0.3, 0.4) is 0 Å². The van der Waals surface area contributed by atoms with Crippen LogP contribution in [-0.4, -0.2) is 11.1 Å². The van der Waals surface area contributed by atoms with Gasteiger partial charge in [-0.25, -0.2) is 9.18 Å². The number of ether oxygens (including phenoxy) is 1. The number of hydrogen-bond acceptors (Lipinski definition) is 2. The van der Waals surface area contributed by atoms with Crippen LogP contribution in [0.25, 0.3) is 11.1 Å². The largest absolute Gasteiger partial charge is 0.488 e. The first-order chi connectivity index (χ1) is 11.6. The second-order valence-electron chi connectivity index (χ2n) is 5.27. The summed E-state index contributed by atoms with van der Waals surface area (Å²) >= 11 is 0. The highest BCUT2D eigenvalue weighted by Crippen LogP contribution is 2.32. The van der Waals surface area contributed by atoms with E-state index in [2.05, 4.69) is 0 Å². The summed E-state index contributed by atoms with van der Waals surface area (Å²) in [6, 6.07) is 20.4. The van der Waals surface area contributed by atoms with Gasteiger partial charge in [0.2, 0.25) is 0 Å². The van der Waals surface area contributed by atoms with E-state index in [0.29, 0.717) is 17.9 Å². The number of hydrogen-bond donors (Lipinski definition) is 1. The number of carboxylic acids is 1. The third kappa shape index (κ3) is 3.43. The number of carbonyl (C=O) groups is 1. The number of carboxylic acid groups (broad SMARTS) is 1. The van der Waals surface area contributed by atoms with Crippen LogP contribution in [-0.2, 0) is 6.61 Å². The van der Waals surface area contributed by atoms with E-state index >= 15 is 0 Å². The maximum Gasteiger partial charge on any atom is 0.335 e. The normalized spacial score (nSPS) is 10.4. The van der Waals surface area contributed by atoms with Gasteiger partial charge in [0.15, 0.2) is 0 Å². The van der Waals surface area contributed by atoms with Gasteiger partial charge in [0.25, 0.3) is 0 Å². The van der Waals surface area contributed by atoms with Crippen molar-refractivity contribution in [2.75, 3.05) is 0 Å². The van der Waals surface area contributed by atoms with Crippen LogP contribution >= 0.6 is 0 Å².